The van der Waals surface area contributed by atoms with Crippen molar-refractivity contribution in [3.05, 3.63) is 33.9 Å². The number of nitro groups is 1. The molecule has 2 rings (SSSR count). The van der Waals surface area contributed by atoms with Gasteiger partial charge in [0.2, 0.25) is 11.7 Å². The Balaban J connectivity index is 2.40. The number of rotatable bonds is 5. The number of aromatic nitrogens is 3. The fraction of sp³-hybridized carbons (Fsp3) is 0.182. The van der Waals surface area contributed by atoms with E-state index in [1.165, 1.54) is 19.2 Å². The first-order valence-electron chi connectivity index (χ1n) is 5.73. The molecule has 0 spiro atoms. The lowest BCUT2D eigenvalue weighted by Crippen LogP contribution is -2.12. The molecule has 21 heavy (non-hydrogen) atoms. The maximum Gasteiger partial charge on any atom is 0.330 e. The van der Waals surface area contributed by atoms with E-state index in [1.807, 2.05) is 0 Å². The monoisotopic (exact) mass is 292 g/mol. The molecule has 10 heteroatoms. The van der Waals surface area contributed by atoms with E-state index in [-0.39, 0.29) is 29.4 Å². The second kappa shape index (κ2) is 5.96. The topological polar surface area (TPSA) is 138 Å². The zero-order valence-electron chi connectivity index (χ0n) is 11.2. The zero-order chi connectivity index (χ0) is 15.4. The largest absolute Gasteiger partial charge is 0.467 e. The summed E-state index contributed by atoms with van der Waals surface area (Å²) in [5.41, 5.74) is 2.75. The molecule has 110 valence electrons. The summed E-state index contributed by atoms with van der Waals surface area (Å²) in [6.45, 7) is 1.74. The third-order valence-electron chi connectivity index (χ3n) is 2.42. The van der Waals surface area contributed by atoms with Gasteiger partial charge in [-0.15, -0.1) is 4.98 Å². The number of nitrogens with zero attached hydrogens (tertiary/aromatic N) is 4. The number of anilines is 1. The van der Waals surface area contributed by atoms with Crippen LogP contribution in [0.15, 0.2) is 18.2 Å². The second-order valence-corrected chi connectivity index (χ2v) is 3.90. The Kier molecular flexibility index (Phi) is 4.09. The lowest BCUT2D eigenvalue weighted by molar-refractivity contribution is -0.385. The number of nitrogens with two attached hydrogens (primary N) is 1. The van der Waals surface area contributed by atoms with Crippen molar-refractivity contribution in [3.8, 4) is 17.8 Å². The molecule has 0 radical (unpaired) electrons. The number of benzene rings is 1. The van der Waals surface area contributed by atoms with Crippen LogP contribution in [0.2, 0.25) is 0 Å². The Bertz CT molecular complexity index is 656. The molecular formula is C11H12N6O4. The van der Waals surface area contributed by atoms with Gasteiger partial charge >= 0.3 is 17.7 Å². The molecule has 1 heterocycles. The minimum absolute atomic E-state index is 0.00169. The van der Waals surface area contributed by atoms with Crippen molar-refractivity contribution >= 4 is 11.6 Å². The molecule has 0 saturated carbocycles. The first-order chi connectivity index (χ1) is 10.0. The van der Waals surface area contributed by atoms with Crippen LogP contribution in [-0.4, -0.2) is 27.0 Å². The highest BCUT2D eigenvalue weighted by Crippen LogP contribution is 2.31. The predicted molar refractivity (Wildman–Crippen MR) is 72.1 cm³/mol. The van der Waals surface area contributed by atoms with Gasteiger partial charge in [0, 0.05) is 6.07 Å². The van der Waals surface area contributed by atoms with Crippen LogP contribution in [0, 0.1) is 17.0 Å². The van der Waals surface area contributed by atoms with Gasteiger partial charge in [-0.1, -0.05) is 6.07 Å². The Labute approximate surface area is 119 Å². The Morgan fingerprint density at radius 3 is 2.62 bits per heavy atom. The van der Waals surface area contributed by atoms with Crippen molar-refractivity contribution in [2.24, 2.45) is 5.84 Å². The smallest absolute Gasteiger partial charge is 0.330 e. The van der Waals surface area contributed by atoms with E-state index in [9.17, 15) is 10.1 Å². The minimum Gasteiger partial charge on any atom is -0.467 e. The van der Waals surface area contributed by atoms with Crippen LogP contribution in [0.5, 0.6) is 17.8 Å². The number of hydrogen-bond acceptors (Lipinski definition) is 9. The molecule has 0 amide bonds. The minimum atomic E-state index is -0.553. The van der Waals surface area contributed by atoms with E-state index in [2.05, 4.69) is 20.4 Å². The Hall–Kier alpha value is -3.01. The van der Waals surface area contributed by atoms with Gasteiger partial charge in [0.05, 0.1) is 12.0 Å². The maximum atomic E-state index is 11.0. The molecule has 0 fully saturated rings. The summed E-state index contributed by atoms with van der Waals surface area (Å²) >= 11 is 0. The van der Waals surface area contributed by atoms with Crippen LogP contribution in [0.4, 0.5) is 11.6 Å². The van der Waals surface area contributed by atoms with E-state index in [1.54, 1.807) is 13.0 Å². The molecule has 0 aliphatic rings. The van der Waals surface area contributed by atoms with Crippen molar-refractivity contribution in [1.82, 2.24) is 15.0 Å². The number of hydrazine groups is 1. The van der Waals surface area contributed by atoms with Crippen LogP contribution < -0.4 is 20.7 Å². The first kappa shape index (κ1) is 14.4. The molecule has 3 N–H and O–H groups in total. The molecule has 0 saturated heterocycles. The van der Waals surface area contributed by atoms with Crippen LogP contribution in [0.1, 0.15) is 5.56 Å². The van der Waals surface area contributed by atoms with Crippen LogP contribution in [0.3, 0.4) is 0 Å². The molecule has 0 atom stereocenters. The molecule has 0 aliphatic carbocycles. The highest BCUT2D eigenvalue weighted by molar-refractivity contribution is 5.49. The summed E-state index contributed by atoms with van der Waals surface area (Å²) in [5.74, 6) is 5.22. The number of methoxy groups -OCH3 is 1. The second-order valence-electron chi connectivity index (χ2n) is 3.90. The van der Waals surface area contributed by atoms with E-state index in [0.717, 1.165) is 5.56 Å². The standard InChI is InChI=1S/C11H12N6O4/c1-6-3-4-8(7(5-6)17(18)19)21-11-14-9(16-12)13-10(15-11)20-2/h3-5H,12H2,1-2H3,(H,13,14,15,16). The molecular weight excluding hydrogens is 280 g/mol. The van der Waals surface area contributed by atoms with E-state index >= 15 is 0 Å². The fourth-order valence-electron chi connectivity index (χ4n) is 1.49. The van der Waals surface area contributed by atoms with E-state index in [4.69, 9.17) is 15.3 Å². The molecule has 10 nitrogen and oxygen atoms in total. The summed E-state index contributed by atoms with van der Waals surface area (Å²) in [6.07, 6.45) is 0. The molecule has 0 unspecified atom stereocenters. The third-order valence-corrected chi connectivity index (χ3v) is 2.42. The lowest BCUT2D eigenvalue weighted by Gasteiger charge is -2.07. The molecule has 0 bridgehead atoms. The van der Waals surface area contributed by atoms with Gasteiger partial charge in [-0.05, 0) is 18.6 Å². The summed E-state index contributed by atoms with van der Waals surface area (Å²) in [7, 11) is 1.35. The number of aryl methyl sites for hydroxylation is 1. The normalized spacial score (nSPS) is 10.0. The van der Waals surface area contributed by atoms with Gasteiger partial charge in [-0.2, -0.15) is 9.97 Å². The van der Waals surface area contributed by atoms with Crippen molar-refractivity contribution in [1.29, 1.82) is 0 Å². The summed E-state index contributed by atoms with van der Waals surface area (Å²) in [6, 6.07) is 4.29. The summed E-state index contributed by atoms with van der Waals surface area (Å²) < 4.78 is 10.2. The first-order valence-corrected chi connectivity index (χ1v) is 5.73. The fourth-order valence-corrected chi connectivity index (χ4v) is 1.49. The summed E-state index contributed by atoms with van der Waals surface area (Å²) in [4.78, 5) is 21.9. The van der Waals surface area contributed by atoms with E-state index in [0.29, 0.717) is 0 Å². The van der Waals surface area contributed by atoms with Crippen LogP contribution >= 0.6 is 0 Å². The number of nitro benzene ring substituents is 1. The van der Waals surface area contributed by atoms with Crippen molar-refractivity contribution in [3.63, 3.8) is 0 Å². The maximum absolute atomic E-state index is 11.0. The number of nitrogens with one attached hydrogen (secondary N) is 1. The van der Waals surface area contributed by atoms with Gasteiger partial charge in [0.1, 0.15) is 0 Å². The van der Waals surface area contributed by atoms with Gasteiger partial charge in [-0.25, -0.2) is 5.84 Å². The number of hydrogen-bond donors (Lipinski definition) is 2. The van der Waals surface area contributed by atoms with Crippen molar-refractivity contribution in [2.75, 3.05) is 12.5 Å². The highest BCUT2D eigenvalue weighted by Gasteiger charge is 2.18. The Morgan fingerprint density at radius 1 is 1.29 bits per heavy atom. The molecule has 1 aromatic carbocycles. The predicted octanol–water partition coefficient (Wildman–Crippen LogP) is 1.17. The average molecular weight is 292 g/mol. The van der Waals surface area contributed by atoms with Crippen molar-refractivity contribution in [2.45, 2.75) is 6.92 Å². The van der Waals surface area contributed by atoms with E-state index < -0.39 is 4.92 Å². The van der Waals surface area contributed by atoms with Crippen LogP contribution in [-0.2, 0) is 0 Å². The van der Waals surface area contributed by atoms with Gasteiger partial charge in [-0.3, -0.25) is 15.5 Å². The van der Waals surface area contributed by atoms with Gasteiger partial charge in [0.15, 0.2) is 0 Å². The molecule has 0 aliphatic heterocycles. The number of nitrogen functional groups attached to an aromatic ring is 1. The Morgan fingerprint density at radius 2 is 2.00 bits per heavy atom. The molecule has 2 aromatic rings. The summed E-state index contributed by atoms with van der Waals surface area (Å²) in [5, 5.41) is 11.0. The third kappa shape index (κ3) is 3.30. The van der Waals surface area contributed by atoms with Gasteiger partial charge < -0.3 is 9.47 Å². The SMILES string of the molecule is COc1nc(NN)nc(Oc2ccc(C)cc2[N+](=O)[O-])n1. The average Bonchev–Trinajstić information content (AvgIpc) is 2.48. The zero-order valence-corrected chi connectivity index (χ0v) is 11.2. The quantitative estimate of drug-likeness (QED) is 0.472. The van der Waals surface area contributed by atoms with Crippen molar-refractivity contribution < 1.29 is 14.4 Å². The van der Waals surface area contributed by atoms with Gasteiger partial charge in [0.25, 0.3) is 0 Å². The molecule has 1 aromatic heterocycles. The lowest BCUT2D eigenvalue weighted by atomic mass is 10.2. The van der Waals surface area contributed by atoms with Crippen LogP contribution in [0.25, 0.3) is 0 Å². The number of ether oxygens (including phenoxy) is 2. The highest BCUT2D eigenvalue weighted by atomic mass is 16.6.